The first-order chi connectivity index (χ1) is 13.0. The number of aryl methyl sites for hydroxylation is 1. The summed E-state index contributed by atoms with van der Waals surface area (Å²) in [4.78, 5) is 18.9. The van der Waals surface area contributed by atoms with E-state index < -0.39 is 0 Å². The molecule has 0 fully saturated rings. The number of nitrogens with zero attached hydrogens (tertiary/aromatic N) is 1. The summed E-state index contributed by atoms with van der Waals surface area (Å²) in [5.41, 5.74) is 1.89. The first kappa shape index (κ1) is 19.7. The topological polar surface area (TPSA) is 51.2 Å². The number of rotatable bonds is 7. The average molecular weight is 419 g/mol. The standard InChI is InChI=1S/C20H19ClN2O2S2/c1-13-19(14-3-7-16(25-2)8-4-14)23-20(27-13)22-18(24)11-12-26-17-9-5-15(21)6-10-17/h3-10H,11-12H2,1-2H3,(H,22,23,24). The van der Waals surface area contributed by atoms with E-state index in [1.807, 2.05) is 55.5 Å². The average Bonchev–Trinajstić information content (AvgIpc) is 3.03. The molecule has 0 unspecified atom stereocenters. The molecule has 0 bridgehead atoms. The highest BCUT2D eigenvalue weighted by Gasteiger charge is 2.12. The van der Waals surface area contributed by atoms with Crippen LogP contribution in [0.5, 0.6) is 5.75 Å². The first-order valence-corrected chi connectivity index (χ1v) is 10.5. The molecule has 1 N–H and O–H groups in total. The van der Waals surface area contributed by atoms with Crippen LogP contribution < -0.4 is 10.1 Å². The van der Waals surface area contributed by atoms with Gasteiger partial charge in [0.1, 0.15) is 5.75 Å². The number of benzene rings is 2. The van der Waals surface area contributed by atoms with E-state index in [-0.39, 0.29) is 5.91 Å². The predicted molar refractivity (Wildman–Crippen MR) is 114 cm³/mol. The number of methoxy groups -OCH3 is 1. The number of halogens is 1. The van der Waals surface area contributed by atoms with Gasteiger partial charge < -0.3 is 10.1 Å². The molecule has 1 aromatic heterocycles. The Morgan fingerprint density at radius 1 is 1.19 bits per heavy atom. The summed E-state index contributed by atoms with van der Waals surface area (Å²) in [5, 5.41) is 4.24. The van der Waals surface area contributed by atoms with Crippen LogP contribution in [0.15, 0.2) is 53.4 Å². The molecule has 1 amide bonds. The van der Waals surface area contributed by atoms with Crippen LogP contribution in [-0.4, -0.2) is 23.8 Å². The van der Waals surface area contributed by atoms with Gasteiger partial charge in [-0.1, -0.05) is 11.6 Å². The third-order valence-electron chi connectivity index (χ3n) is 3.82. The highest BCUT2D eigenvalue weighted by molar-refractivity contribution is 7.99. The SMILES string of the molecule is COc1ccc(-c2nc(NC(=O)CCSc3ccc(Cl)cc3)sc2C)cc1. The summed E-state index contributed by atoms with van der Waals surface area (Å²) in [6, 6.07) is 15.4. The number of hydrogen-bond acceptors (Lipinski definition) is 5. The summed E-state index contributed by atoms with van der Waals surface area (Å²) < 4.78 is 5.19. The number of thioether (sulfide) groups is 1. The third-order valence-corrected chi connectivity index (χ3v) is 5.97. The molecule has 4 nitrogen and oxygen atoms in total. The van der Waals surface area contributed by atoms with Gasteiger partial charge in [0.05, 0.1) is 12.8 Å². The second-order valence-electron chi connectivity index (χ2n) is 5.75. The first-order valence-electron chi connectivity index (χ1n) is 8.35. The number of carbonyl (C=O) groups excluding carboxylic acids is 1. The van der Waals surface area contributed by atoms with Gasteiger partial charge in [0, 0.05) is 32.5 Å². The van der Waals surface area contributed by atoms with E-state index in [9.17, 15) is 4.79 Å². The number of carbonyl (C=O) groups is 1. The second kappa shape index (κ2) is 9.26. The van der Waals surface area contributed by atoms with Crippen molar-refractivity contribution in [3.63, 3.8) is 0 Å². The zero-order valence-electron chi connectivity index (χ0n) is 15.0. The molecular weight excluding hydrogens is 400 g/mol. The minimum Gasteiger partial charge on any atom is -0.497 e. The van der Waals surface area contributed by atoms with Gasteiger partial charge in [-0.25, -0.2) is 4.98 Å². The molecule has 140 valence electrons. The second-order valence-corrected chi connectivity index (χ2v) is 8.56. The van der Waals surface area contributed by atoms with Crippen molar-refractivity contribution in [2.75, 3.05) is 18.2 Å². The number of hydrogen-bond donors (Lipinski definition) is 1. The van der Waals surface area contributed by atoms with Crippen LogP contribution >= 0.6 is 34.7 Å². The van der Waals surface area contributed by atoms with Crippen LogP contribution in [0.3, 0.4) is 0 Å². The van der Waals surface area contributed by atoms with Gasteiger partial charge >= 0.3 is 0 Å². The summed E-state index contributed by atoms with van der Waals surface area (Å²) in [7, 11) is 1.64. The van der Waals surface area contributed by atoms with Crippen molar-refractivity contribution in [3.8, 4) is 17.0 Å². The van der Waals surface area contributed by atoms with Crippen LogP contribution in [0.2, 0.25) is 5.02 Å². The highest BCUT2D eigenvalue weighted by atomic mass is 35.5. The molecule has 1 heterocycles. The summed E-state index contributed by atoms with van der Waals surface area (Å²) in [5.74, 6) is 1.47. The van der Waals surface area contributed by atoms with E-state index in [1.165, 1.54) is 11.3 Å². The molecule has 0 saturated heterocycles. The van der Waals surface area contributed by atoms with Gasteiger partial charge in [-0.15, -0.1) is 23.1 Å². The fourth-order valence-corrected chi connectivity index (χ4v) is 4.27. The number of amides is 1. The van der Waals surface area contributed by atoms with E-state index in [2.05, 4.69) is 10.3 Å². The Morgan fingerprint density at radius 3 is 2.56 bits per heavy atom. The minimum atomic E-state index is -0.0357. The van der Waals surface area contributed by atoms with Crippen molar-refractivity contribution >= 4 is 45.7 Å². The van der Waals surface area contributed by atoms with Crippen molar-refractivity contribution in [2.24, 2.45) is 0 Å². The number of thiazole rings is 1. The van der Waals surface area contributed by atoms with Gasteiger partial charge in [0.15, 0.2) is 5.13 Å². The van der Waals surface area contributed by atoms with E-state index in [0.717, 1.165) is 26.8 Å². The van der Waals surface area contributed by atoms with Crippen molar-refractivity contribution in [3.05, 3.63) is 58.4 Å². The Hall–Kier alpha value is -2.02. The molecule has 3 rings (SSSR count). The monoisotopic (exact) mass is 418 g/mol. The van der Waals surface area contributed by atoms with Crippen molar-refractivity contribution < 1.29 is 9.53 Å². The molecule has 3 aromatic rings. The fraction of sp³-hybridized carbons (Fsp3) is 0.200. The molecule has 0 aliphatic carbocycles. The van der Waals surface area contributed by atoms with Crippen LogP contribution in [0, 0.1) is 6.92 Å². The quantitative estimate of drug-likeness (QED) is 0.485. The minimum absolute atomic E-state index is 0.0357. The smallest absolute Gasteiger partial charge is 0.226 e. The Labute approximate surface area is 171 Å². The molecule has 2 aromatic carbocycles. The van der Waals surface area contributed by atoms with E-state index in [4.69, 9.17) is 16.3 Å². The maximum absolute atomic E-state index is 12.2. The van der Waals surface area contributed by atoms with Gasteiger partial charge in [-0.2, -0.15) is 0 Å². The molecule has 27 heavy (non-hydrogen) atoms. The Kier molecular flexibility index (Phi) is 6.77. The van der Waals surface area contributed by atoms with Crippen molar-refractivity contribution in [1.82, 2.24) is 4.98 Å². The molecule has 0 saturated carbocycles. The Morgan fingerprint density at radius 2 is 1.89 bits per heavy atom. The molecule has 0 radical (unpaired) electrons. The van der Waals surface area contributed by atoms with Crippen LogP contribution in [0.25, 0.3) is 11.3 Å². The maximum atomic E-state index is 12.2. The molecule has 0 aliphatic heterocycles. The lowest BCUT2D eigenvalue weighted by molar-refractivity contribution is -0.115. The molecule has 0 atom stereocenters. The lowest BCUT2D eigenvalue weighted by Crippen LogP contribution is -2.11. The molecule has 7 heteroatoms. The van der Waals surface area contributed by atoms with Gasteiger partial charge in [-0.3, -0.25) is 4.79 Å². The van der Waals surface area contributed by atoms with Gasteiger partial charge in [0.25, 0.3) is 0 Å². The van der Waals surface area contributed by atoms with Gasteiger partial charge in [0.2, 0.25) is 5.91 Å². The fourth-order valence-electron chi connectivity index (χ4n) is 2.44. The third kappa shape index (κ3) is 5.48. The van der Waals surface area contributed by atoms with Crippen molar-refractivity contribution in [2.45, 2.75) is 18.2 Å². The summed E-state index contributed by atoms with van der Waals surface area (Å²) in [6.45, 7) is 2.00. The predicted octanol–water partition coefficient (Wildman–Crippen LogP) is 5.90. The zero-order valence-corrected chi connectivity index (χ0v) is 17.4. The largest absolute Gasteiger partial charge is 0.497 e. The summed E-state index contributed by atoms with van der Waals surface area (Å²) in [6.07, 6.45) is 0.420. The zero-order chi connectivity index (χ0) is 19.2. The molecular formula is C20H19ClN2O2S2. The van der Waals surface area contributed by atoms with Crippen LogP contribution in [0.1, 0.15) is 11.3 Å². The molecule has 0 aliphatic rings. The Balaban J connectivity index is 1.55. The highest BCUT2D eigenvalue weighted by Crippen LogP contribution is 2.31. The molecule has 0 spiro atoms. The number of anilines is 1. The van der Waals surface area contributed by atoms with E-state index >= 15 is 0 Å². The Bertz CT molecular complexity index is 909. The lowest BCUT2D eigenvalue weighted by atomic mass is 10.1. The van der Waals surface area contributed by atoms with Gasteiger partial charge in [-0.05, 0) is 55.5 Å². The van der Waals surface area contributed by atoms with E-state index in [0.29, 0.717) is 22.3 Å². The maximum Gasteiger partial charge on any atom is 0.226 e. The summed E-state index contributed by atoms with van der Waals surface area (Å²) >= 11 is 8.99. The lowest BCUT2D eigenvalue weighted by Gasteiger charge is -2.03. The number of nitrogens with one attached hydrogen (secondary N) is 1. The number of ether oxygens (including phenoxy) is 1. The van der Waals surface area contributed by atoms with Crippen LogP contribution in [-0.2, 0) is 4.79 Å². The normalized spacial score (nSPS) is 10.6. The van der Waals surface area contributed by atoms with Crippen LogP contribution in [0.4, 0.5) is 5.13 Å². The van der Waals surface area contributed by atoms with Crippen molar-refractivity contribution in [1.29, 1.82) is 0 Å². The van der Waals surface area contributed by atoms with E-state index in [1.54, 1.807) is 18.9 Å². The number of aromatic nitrogens is 1.